The Morgan fingerprint density at radius 3 is 2.50 bits per heavy atom. The van der Waals surface area contributed by atoms with E-state index >= 15 is 0 Å². The Morgan fingerprint density at radius 1 is 1.21 bits per heavy atom. The van der Waals surface area contributed by atoms with Crippen molar-refractivity contribution in [2.75, 3.05) is 18.0 Å². The third-order valence-corrected chi connectivity index (χ3v) is 4.68. The molecule has 1 saturated carbocycles. The zero-order chi connectivity index (χ0) is 9.54. The zero-order valence-corrected chi connectivity index (χ0v) is 10.2. The SMILES string of the molecule is Brc1nnc(N2C[C@@H]3CC[C@@H](C3)C2)s1. The standard InChI is InChI=1S/C9H12BrN3S/c10-8-11-12-9(14-8)13-4-6-1-2-7(3-6)5-13/h6-7H,1-5H2/t6-,7+. The molecule has 2 atom stereocenters. The molecule has 3 nitrogen and oxygen atoms in total. The molecule has 0 N–H and O–H groups in total. The molecule has 2 heterocycles. The maximum Gasteiger partial charge on any atom is 0.209 e. The predicted molar refractivity (Wildman–Crippen MR) is 60.7 cm³/mol. The van der Waals surface area contributed by atoms with Gasteiger partial charge in [0.25, 0.3) is 0 Å². The maximum atomic E-state index is 4.18. The fourth-order valence-corrected chi connectivity index (χ4v) is 3.80. The van der Waals surface area contributed by atoms with Crippen molar-refractivity contribution < 1.29 is 0 Å². The second-order valence-corrected chi connectivity index (χ2v) is 6.52. The van der Waals surface area contributed by atoms with Crippen LogP contribution >= 0.6 is 27.3 Å². The molecule has 0 aromatic carbocycles. The van der Waals surface area contributed by atoms with Gasteiger partial charge in [0.2, 0.25) is 5.13 Å². The van der Waals surface area contributed by atoms with Gasteiger partial charge in [-0.3, -0.25) is 0 Å². The van der Waals surface area contributed by atoms with Gasteiger partial charge in [-0.2, -0.15) is 0 Å². The molecule has 2 fully saturated rings. The predicted octanol–water partition coefficient (Wildman–Crippen LogP) is 2.54. The van der Waals surface area contributed by atoms with E-state index in [2.05, 4.69) is 31.0 Å². The molecule has 0 amide bonds. The summed E-state index contributed by atoms with van der Waals surface area (Å²) >= 11 is 5.01. The van der Waals surface area contributed by atoms with E-state index in [0.29, 0.717) is 0 Å². The average molecular weight is 274 g/mol. The van der Waals surface area contributed by atoms with Crippen molar-refractivity contribution >= 4 is 32.4 Å². The lowest BCUT2D eigenvalue weighted by atomic mass is 9.99. The van der Waals surface area contributed by atoms with Gasteiger partial charge in [-0.1, -0.05) is 11.3 Å². The van der Waals surface area contributed by atoms with Crippen molar-refractivity contribution in [1.82, 2.24) is 10.2 Å². The molecule has 3 rings (SSSR count). The summed E-state index contributed by atoms with van der Waals surface area (Å²) in [6, 6.07) is 0. The van der Waals surface area contributed by atoms with Gasteiger partial charge >= 0.3 is 0 Å². The zero-order valence-electron chi connectivity index (χ0n) is 7.82. The van der Waals surface area contributed by atoms with Crippen molar-refractivity contribution in [3.8, 4) is 0 Å². The van der Waals surface area contributed by atoms with E-state index in [9.17, 15) is 0 Å². The van der Waals surface area contributed by atoms with Crippen LogP contribution in [0.15, 0.2) is 3.92 Å². The number of hydrogen-bond donors (Lipinski definition) is 0. The molecule has 1 aromatic heterocycles. The van der Waals surface area contributed by atoms with Crippen LogP contribution in [-0.2, 0) is 0 Å². The summed E-state index contributed by atoms with van der Waals surface area (Å²) in [5, 5.41) is 9.28. The van der Waals surface area contributed by atoms with Crippen LogP contribution in [0, 0.1) is 11.8 Å². The van der Waals surface area contributed by atoms with Crippen LogP contribution in [0.25, 0.3) is 0 Å². The maximum absolute atomic E-state index is 4.18. The largest absolute Gasteiger partial charge is 0.346 e. The number of halogens is 1. The molecular formula is C9H12BrN3S. The van der Waals surface area contributed by atoms with Crippen LogP contribution in [0.2, 0.25) is 0 Å². The molecule has 1 aromatic rings. The molecule has 14 heavy (non-hydrogen) atoms. The average Bonchev–Trinajstić information content (AvgIpc) is 2.73. The number of aromatic nitrogens is 2. The van der Waals surface area contributed by atoms with Crippen molar-refractivity contribution in [1.29, 1.82) is 0 Å². The van der Waals surface area contributed by atoms with E-state index in [1.807, 2.05) is 0 Å². The monoisotopic (exact) mass is 273 g/mol. The second-order valence-electron chi connectivity index (χ2n) is 4.29. The number of piperidine rings is 1. The van der Waals surface area contributed by atoms with Crippen molar-refractivity contribution in [2.45, 2.75) is 19.3 Å². The van der Waals surface area contributed by atoms with E-state index in [-0.39, 0.29) is 0 Å². The van der Waals surface area contributed by atoms with E-state index in [1.54, 1.807) is 11.3 Å². The lowest BCUT2D eigenvalue weighted by molar-refractivity contribution is 0.420. The van der Waals surface area contributed by atoms with Gasteiger partial charge in [-0.15, -0.1) is 10.2 Å². The van der Waals surface area contributed by atoms with Crippen LogP contribution in [0.1, 0.15) is 19.3 Å². The van der Waals surface area contributed by atoms with E-state index in [4.69, 9.17) is 0 Å². The third-order valence-electron chi connectivity index (χ3n) is 3.27. The van der Waals surface area contributed by atoms with Crippen LogP contribution in [0.5, 0.6) is 0 Å². The number of anilines is 1. The highest BCUT2D eigenvalue weighted by Gasteiger charge is 2.33. The summed E-state index contributed by atoms with van der Waals surface area (Å²) in [5.74, 6) is 1.83. The molecule has 5 heteroatoms. The smallest absolute Gasteiger partial charge is 0.209 e. The van der Waals surface area contributed by atoms with Crippen molar-refractivity contribution in [3.63, 3.8) is 0 Å². The van der Waals surface area contributed by atoms with Crippen LogP contribution in [0.4, 0.5) is 5.13 Å². The summed E-state index contributed by atoms with van der Waals surface area (Å²) in [4.78, 5) is 2.41. The number of fused-ring (bicyclic) bond motifs is 2. The van der Waals surface area contributed by atoms with Crippen LogP contribution in [-0.4, -0.2) is 23.3 Å². The van der Waals surface area contributed by atoms with E-state index < -0.39 is 0 Å². The molecule has 1 saturated heterocycles. The molecule has 2 bridgehead atoms. The molecule has 0 spiro atoms. The van der Waals surface area contributed by atoms with Crippen LogP contribution in [0.3, 0.4) is 0 Å². The summed E-state index contributed by atoms with van der Waals surface area (Å²) < 4.78 is 0.894. The molecule has 1 aliphatic heterocycles. The first-order valence-electron chi connectivity index (χ1n) is 5.05. The lowest BCUT2D eigenvalue weighted by Gasteiger charge is -2.30. The molecule has 1 aliphatic carbocycles. The second kappa shape index (κ2) is 3.45. The first kappa shape index (κ1) is 9.09. The third kappa shape index (κ3) is 1.56. The van der Waals surface area contributed by atoms with Gasteiger partial charge in [-0.05, 0) is 47.0 Å². The Bertz CT molecular complexity index is 329. The van der Waals surface area contributed by atoms with Gasteiger partial charge in [0, 0.05) is 13.1 Å². The Hall–Kier alpha value is -0.160. The first-order chi connectivity index (χ1) is 6.81. The molecular weight excluding hydrogens is 262 g/mol. The van der Waals surface area contributed by atoms with Gasteiger partial charge in [0.05, 0.1) is 0 Å². The van der Waals surface area contributed by atoms with Gasteiger partial charge in [0.15, 0.2) is 3.92 Å². The normalized spacial score (nSPS) is 31.1. The summed E-state index contributed by atoms with van der Waals surface area (Å²) in [6.45, 7) is 2.39. The highest BCUT2D eigenvalue weighted by atomic mass is 79.9. The summed E-state index contributed by atoms with van der Waals surface area (Å²) in [5.41, 5.74) is 0. The highest BCUT2D eigenvalue weighted by Crippen LogP contribution is 2.39. The molecule has 76 valence electrons. The number of rotatable bonds is 1. The quantitative estimate of drug-likeness (QED) is 0.788. The number of nitrogens with zero attached hydrogens (tertiary/aromatic N) is 3. The minimum absolute atomic E-state index is 0.894. The topological polar surface area (TPSA) is 29.0 Å². The fraction of sp³-hybridized carbons (Fsp3) is 0.778. The van der Waals surface area contributed by atoms with Crippen molar-refractivity contribution in [3.05, 3.63) is 3.92 Å². The van der Waals surface area contributed by atoms with Gasteiger partial charge in [-0.25, -0.2) is 0 Å². The molecule has 0 radical (unpaired) electrons. The first-order valence-corrected chi connectivity index (χ1v) is 6.66. The van der Waals surface area contributed by atoms with Crippen LogP contribution < -0.4 is 4.90 Å². The number of hydrogen-bond acceptors (Lipinski definition) is 4. The Morgan fingerprint density at radius 2 is 1.93 bits per heavy atom. The molecule has 2 aliphatic rings. The minimum atomic E-state index is 0.894. The van der Waals surface area contributed by atoms with Gasteiger partial charge < -0.3 is 4.90 Å². The Labute approximate surface area is 95.6 Å². The van der Waals surface area contributed by atoms with E-state index in [0.717, 1.165) is 20.9 Å². The van der Waals surface area contributed by atoms with E-state index in [1.165, 1.54) is 32.4 Å². The Balaban J connectivity index is 1.80. The lowest BCUT2D eigenvalue weighted by Crippen LogP contribution is -2.36. The summed E-state index contributed by atoms with van der Waals surface area (Å²) in [6.07, 6.45) is 4.28. The fourth-order valence-electron chi connectivity index (χ4n) is 2.69. The summed E-state index contributed by atoms with van der Waals surface area (Å²) in [7, 11) is 0. The molecule has 0 unspecified atom stereocenters. The van der Waals surface area contributed by atoms with Crippen molar-refractivity contribution in [2.24, 2.45) is 11.8 Å². The highest BCUT2D eigenvalue weighted by molar-refractivity contribution is 9.11. The van der Waals surface area contributed by atoms with Gasteiger partial charge in [0.1, 0.15) is 0 Å². The minimum Gasteiger partial charge on any atom is -0.346 e. The Kier molecular flexibility index (Phi) is 2.24.